The fraction of sp³-hybridized carbons (Fsp3) is 0.292. The molecule has 0 N–H and O–H groups in total. The van der Waals surface area contributed by atoms with Gasteiger partial charge < -0.3 is 9.80 Å². The molecular weight excluding hydrogens is 423 g/mol. The summed E-state index contributed by atoms with van der Waals surface area (Å²) in [5, 5.41) is 8.93. The standard InChI is InChI=1S/C24H21FN6O2/c1-29-21(32)9-20(16-7-8-27-11-19(16)25)28-24(29)30(2)22-17-12-31(13-18(17)22)23(33)15-5-3-14(10-26)4-6-15/h3-9,11,17-18,22H,12-13H2,1-2H3/t17-,18+,22+. The van der Waals surface area contributed by atoms with Crippen LogP contribution in [0.3, 0.4) is 0 Å². The fourth-order valence-electron chi connectivity index (χ4n) is 4.80. The number of rotatable bonds is 4. The number of nitriles is 1. The molecule has 9 heteroatoms. The predicted molar refractivity (Wildman–Crippen MR) is 119 cm³/mol. The summed E-state index contributed by atoms with van der Waals surface area (Å²) in [5.41, 5.74) is 1.30. The first kappa shape index (κ1) is 20.8. The van der Waals surface area contributed by atoms with Crippen LogP contribution in [0.5, 0.6) is 0 Å². The van der Waals surface area contributed by atoms with Crippen molar-refractivity contribution in [3.8, 4) is 17.3 Å². The van der Waals surface area contributed by atoms with E-state index in [4.69, 9.17) is 5.26 Å². The van der Waals surface area contributed by atoms with Crippen molar-refractivity contribution in [2.75, 3.05) is 25.0 Å². The Labute approximate surface area is 189 Å². The van der Waals surface area contributed by atoms with Crippen LogP contribution in [0.2, 0.25) is 0 Å². The molecule has 1 aromatic carbocycles. The second-order valence-electron chi connectivity index (χ2n) is 8.52. The lowest BCUT2D eigenvalue weighted by Gasteiger charge is -2.26. The van der Waals surface area contributed by atoms with E-state index in [1.807, 2.05) is 16.8 Å². The van der Waals surface area contributed by atoms with Gasteiger partial charge in [-0.15, -0.1) is 0 Å². The molecule has 3 atom stereocenters. The van der Waals surface area contributed by atoms with Gasteiger partial charge in [-0.05, 0) is 30.3 Å². The molecule has 1 aliphatic carbocycles. The molecule has 8 nitrogen and oxygen atoms in total. The maximum atomic E-state index is 14.2. The van der Waals surface area contributed by atoms with Gasteiger partial charge in [0.2, 0.25) is 5.95 Å². The second-order valence-corrected chi connectivity index (χ2v) is 8.52. The summed E-state index contributed by atoms with van der Waals surface area (Å²) in [6, 6.07) is 11.7. The van der Waals surface area contributed by atoms with Crippen molar-refractivity contribution >= 4 is 11.9 Å². The van der Waals surface area contributed by atoms with Gasteiger partial charge in [0.25, 0.3) is 11.5 Å². The van der Waals surface area contributed by atoms with E-state index in [1.54, 1.807) is 31.3 Å². The highest BCUT2D eigenvalue weighted by Crippen LogP contribution is 2.49. The maximum Gasteiger partial charge on any atom is 0.255 e. The molecule has 0 radical (unpaired) electrons. The van der Waals surface area contributed by atoms with Gasteiger partial charge in [0.05, 0.1) is 23.5 Å². The van der Waals surface area contributed by atoms with E-state index >= 15 is 0 Å². The molecule has 33 heavy (non-hydrogen) atoms. The highest BCUT2D eigenvalue weighted by molar-refractivity contribution is 5.94. The number of carbonyl (C=O) groups excluding carboxylic acids is 1. The van der Waals surface area contributed by atoms with E-state index in [0.29, 0.717) is 30.2 Å². The van der Waals surface area contributed by atoms with Gasteiger partial charge >= 0.3 is 0 Å². The van der Waals surface area contributed by atoms with Crippen LogP contribution in [-0.2, 0) is 7.05 Å². The van der Waals surface area contributed by atoms with Crippen molar-refractivity contribution in [1.82, 2.24) is 19.4 Å². The molecule has 2 fully saturated rings. The van der Waals surface area contributed by atoms with Crippen LogP contribution in [0.15, 0.2) is 53.6 Å². The van der Waals surface area contributed by atoms with Crippen LogP contribution in [-0.4, -0.2) is 51.5 Å². The molecule has 0 bridgehead atoms. The number of pyridine rings is 1. The third-order valence-corrected chi connectivity index (χ3v) is 6.62. The summed E-state index contributed by atoms with van der Waals surface area (Å²) >= 11 is 0. The van der Waals surface area contributed by atoms with Gasteiger partial charge in [0.1, 0.15) is 0 Å². The van der Waals surface area contributed by atoms with E-state index in [2.05, 4.69) is 16.0 Å². The first-order valence-electron chi connectivity index (χ1n) is 10.6. The Morgan fingerprint density at radius 3 is 2.55 bits per heavy atom. The number of carbonyl (C=O) groups is 1. The monoisotopic (exact) mass is 444 g/mol. The minimum Gasteiger partial charge on any atom is -0.342 e. The number of anilines is 1. The quantitative estimate of drug-likeness (QED) is 0.611. The molecule has 166 valence electrons. The van der Waals surface area contributed by atoms with Crippen LogP contribution < -0.4 is 10.5 Å². The van der Waals surface area contributed by atoms with Crippen molar-refractivity contribution in [3.05, 3.63) is 76.1 Å². The molecule has 1 aliphatic heterocycles. The number of hydrogen-bond donors (Lipinski definition) is 0. The van der Waals surface area contributed by atoms with Crippen LogP contribution in [0, 0.1) is 29.0 Å². The van der Waals surface area contributed by atoms with Crippen molar-refractivity contribution in [1.29, 1.82) is 5.26 Å². The highest BCUT2D eigenvalue weighted by atomic mass is 19.1. The number of fused-ring (bicyclic) bond motifs is 1. The minimum atomic E-state index is -0.535. The molecule has 3 heterocycles. The van der Waals surface area contributed by atoms with E-state index in [1.165, 1.54) is 22.9 Å². The van der Waals surface area contributed by atoms with Gasteiger partial charge in [-0.1, -0.05) is 0 Å². The molecule has 5 rings (SSSR count). The van der Waals surface area contributed by atoms with Gasteiger partial charge in [-0.25, -0.2) is 9.37 Å². The summed E-state index contributed by atoms with van der Waals surface area (Å²) in [6.07, 6.45) is 2.56. The smallest absolute Gasteiger partial charge is 0.255 e. The van der Waals surface area contributed by atoms with Gasteiger partial charge in [-0.3, -0.25) is 19.1 Å². The Morgan fingerprint density at radius 2 is 1.91 bits per heavy atom. The zero-order valence-electron chi connectivity index (χ0n) is 18.1. The SMILES string of the molecule is CN(c1nc(-c2ccncc2F)cc(=O)n1C)[C@H]1[C@@H]2CN(C(=O)c3ccc(C#N)cc3)C[C@@H]21. The number of piperidine rings is 1. The zero-order valence-corrected chi connectivity index (χ0v) is 18.1. The van der Waals surface area contributed by atoms with E-state index in [0.717, 1.165) is 6.20 Å². The Bertz CT molecular complexity index is 1330. The largest absolute Gasteiger partial charge is 0.342 e. The molecule has 1 saturated carbocycles. The van der Waals surface area contributed by atoms with Crippen LogP contribution >= 0.6 is 0 Å². The summed E-state index contributed by atoms with van der Waals surface area (Å²) in [5.74, 6) is 0.421. The van der Waals surface area contributed by atoms with E-state index in [-0.39, 0.29) is 40.6 Å². The van der Waals surface area contributed by atoms with Gasteiger partial charge in [0.15, 0.2) is 5.82 Å². The zero-order chi connectivity index (χ0) is 23.3. The summed E-state index contributed by atoms with van der Waals surface area (Å²) in [6.45, 7) is 1.23. The third-order valence-electron chi connectivity index (χ3n) is 6.62. The summed E-state index contributed by atoms with van der Waals surface area (Å²) < 4.78 is 15.7. The number of halogens is 1. The predicted octanol–water partition coefficient (Wildman–Crippen LogP) is 2.06. The molecule has 2 aliphatic rings. The summed E-state index contributed by atoms with van der Waals surface area (Å²) in [7, 11) is 3.52. The highest BCUT2D eigenvalue weighted by Gasteiger charge is 2.59. The Hall–Kier alpha value is -4.06. The third kappa shape index (κ3) is 3.53. The molecule has 3 aromatic rings. The lowest BCUT2D eigenvalue weighted by Crippen LogP contribution is -2.38. The van der Waals surface area contributed by atoms with Crippen LogP contribution in [0.25, 0.3) is 11.3 Å². The van der Waals surface area contributed by atoms with Crippen molar-refractivity contribution in [2.24, 2.45) is 18.9 Å². The Morgan fingerprint density at radius 1 is 1.21 bits per heavy atom. The summed E-state index contributed by atoms with van der Waals surface area (Å²) in [4.78, 5) is 37.5. The maximum absolute atomic E-state index is 14.2. The van der Waals surface area contributed by atoms with Gasteiger partial charge in [0, 0.05) is 68.5 Å². The average Bonchev–Trinajstić information content (AvgIpc) is 3.33. The molecular formula is C24H21FN6O2. The van der Waals surface area contributed by atoms with Crippen molar-refractivity contribution in [3.63, 3.8) is 0 Å². The van der Waals surface area contributed by atoms with Crippen molar-refractivity contribution in [2.45, 2.75) is 6.04 Å². The number of likely N-dealkylation sites (tertiary alicyclic amines) is 1. The molecule has 1 saturated heterocycles. The van der Waals surface area contributed by atoms with Crippen LogP contribution in [0.4, 0.5) is 10.3 Å². The minimum absolute atomic E-state index is 0.0474. The Kier molecular flexibility index (Phi) is 4.93. The van der Waals surface area contributed by atoms with E-state index < -0.39 is 5.82 Å². The normalized spacial score (nSPS) is 20.8. The number of amides is 1. The number of aromatic nitrogens is 3. The topological polar surface area (TPSA) is 95.1 Å². The van der Waals surface area contributed by atoms with Crippen LogP contribution in [0.1, 0.15) is 15.9 Å². The molecule has 2 aromatic heterocycles. The first-order valence-corrected chi connectivity index (χ1v) is 10.6. The number of benzene rings is 1. The van der Waals surface area contributed by atoms with Gasteiger partial charge in [-0.2, -0.15) is 5.26 Å². The Balaban J connectivity index is 1.33. The van der Waals surface area contributed by atoms with E-state index in [9.17, 15) is 14.0 Å². The first-order chi connectivity index (χ1) is 15.9. The number of nitrogens with zero attached hydrogens (tertiary/aromatic N) is 6. The number of hydrogen-bond acceptors (Lipinski definition) is 6. The molecule has 1 amide bonds. The molecule has 0 unspecified atom stereocenters. The lowest BCUT2D eigenvalue weighted by atomic mass is 10.1. The average molecular weight is 444 g/mol. The molecule has 0 spiro atoms. The fourth-order valence-corrected chi connectivity index (χ4v) is 4.80. The van der Waals surface area contributed by atoms with Crippen molar-refractivity contribution < 1.29 is 9.18 Å². The second kappa shape index (κ2) is 7.81. The lowest BCUT2D eigenvalue weighted by molar-refractivity contribution is 0.0772.